The minimum absolute atomic E-state index is 0.346. The Balaban J connectivity index is 1.49. The van der Waals surface area contributed by atoms with Crippen molar-refractivity contribution in [1.82, 2.24) is 15.5 Å². The molecular weight excluding hydrogens is 302 g/mol. The van der Waals surface area contributed by atoms with E-state index in [4.69, 9.17) is 9.26 Å². The fourth-order valence-corrected chi connectivity index (χ4v) is 3.81. The van der Waals surface area contributed by atoms with Gasteiger partial charge in [-0.05, 0) is 62.6 Å². The molecular formula is C19H25N3O2. The highest BCUT2D eigenvalue weighted by Gasteiger charge is 2.22. The van der Waals surface area contributed by atoms with Crippen LogP contribution in [0.25, 0.3) is 0 Å². The molecule has 1 aliphatic carbocycles. The van der Waals surface area contributed by atoms with Crippen molar-refractivity contribution in [2.45, 2.75) is 57.9 Å². The molecule has 1 aromatic carbocycles. The molecule has 1 N–H and O–H groups in total. The molecule has 0 saturated heterocycles. The minimum Gasteiger partial charge on any atom is -0.493 e. The number of fused-ring (bicyclic) bond motifs is 2. The Kier molecular flexibility index (Phi) is 4.52. The van der Waals surface area contributed by atoms with Crippen LogP contribution >= 0.6 is 0 Å². The van der Waals surface area contributed by atoms with E-state index in [0.717, 1.165) is 38.2 Å². The Morgan fingerprint density at radius 3 is 2.79 bits per heavy atom. The van der Waals surface area contributed by atoms with E-state index in [1.54, 1.807) is 0 Å². The van der Waals surface area contributed by atoms with Crippen LogP contribution in [0.4, 0.5) is 0 Å². The molecule has 2 aliphatic rings. The molecule has 0 saturated carbocycles. The summed E-state index contributed by atoms with van der Waals surface area (Å²) in [4.78, 5) is 4.27. The van der Waals surface area contributed by atoms with Gasteiger partial charge in [0.15, 0.2) is 5.82 Å². The first-order valence-electron chi connectivity index (χ1n) is 9.10. The van der Waals surface area contributed by atoms with Gasteiger partial charge < -0.3 is 14.6 Å². The van der Waals surface area contributed by atoms with Gasteiger partial charge >= 0.3 is 0 Å². The first-order chi connectivity index (χ1) is 11.8. The summed E-state index contributed by atoms with van der Waals surface area (Å²) in [5.41, 5.74) is 4.33. The average Bonchev–Trinajstić information content (AvgIpc) is 2.91. The van der Waals surface area contributed by atoms with Crippen molar-refractivity contribution >= 4 is 0 Å². The van der Waals surface area contributed by atoms with Crippen LogP contribution < -0.4 is 10.1 Å². The number of hydrogen-bond acceptors (Lipinski definition) is 5. The first kappa shape index (κ1) is 15.6. The number of aryl methyl sites for hydroxylation is 3. The summed E-state index contributed by atoms with van der Waals surface area (Å²) in [7, 11) is 0. The molecule has 0 radical (unpaired) electrons. The van der Waals surface area contributed by atoms with Crippen LogP contribution in [0.5, 0.6) is 5.75 Å². The Morgan fingerprint density at radius 1 is 1.17 bits per heavy atom. The van der Waals surface area contributed by atoms with Gasteiger partial charge in [0, 0.05) is 24.6 Å². The summed E-state index contributed by atoms with van der Waals surface area (Å²) < 4.78 is 11.2. The van der Waals surface area contributed by atoms with E-state index < -0.39 is 0 Å². The van der Waals surface area contributed by atoms with Crippen LogP contribution in [0.15, 0.2) is 16.7 Å². The monoisotopic (exact) mass is 327 g/mol. The van der Waals surface area contributed by atoms with Crippen LogP contribution in [0, 0.1) is 6.92 Å². The lowest BCUT2D eigenvalue weighted by Gasteiger charge is -2.23. The number of nitrogens with one attached hydrogen (secondary N) is 1. The molecule has 1 aromatic heterocycles. The predicted molar refractivity (Wildman–Crippen MR) is 91.3 cm³/mol. The highest BCUT2D eigenvalue weighted by Crippen LogP contribution is 2.36. The summed E-state index contributed by atoms with van der Waals surface area (Å²) in [6, 6.07) is 5.04. The largest absolute Gasteiger partial charge is 0.493 e. The molecule has 1 atom stereocenters. The lowest BCUT2D eigenvalue weighted by Crippen LogP contribution is -2.24. The van der Waals surface area contributed by atoms with E-state index >= 15 is 0 Å². The number of aromatic nitrogens is 2. The quantitative estimate of drug-likeness (QED) is 0.933. The van der Waals surface area contributed by atoms with Crippen molar-refractivity contribution in [3.8, 4) is 5.75 Å². The van der Waals surface area contributed by atoms with E-state index in [0.29, 0.717) is 17.8 Å². The predicted octanol–water partition coefficient (Wildman–Crippen LogP) is 3.30. The molecule has 1 aliphatic heterocycles. The average molecular weight is 327 g/mol. The van der Waals surface area contributed by atoms with Crippen LogP contribution in [0.2, 0.25) is 0 Å². The number of nitrogens with zero attached hydrogens (tertiary/aromatic N) is 2. The molecule has 5 nitrogen and oxygen atoms in total. The maximum Gasteiger partial charge on any atom is 0.227 e. The third kappa shape index (κ3) is 3.31. The topological polar surface area (TPSA) is 60.2 Å². The maximum absolute atomic E-state index is 6.03. The Bertz CT molecular complexity index is 711. The van der Waals surface area contributed by atoms with Gasteiger partial charge in [0.05, 0.1) is 6.61 Å². The van der Waals surface area contributed by atoms with Crippen molar-refractivity contribution < 1.29 is 9.26 Å². The van der Waals surface area contributed by atoms with Gasteiger partial charge in [0.25, 0.3) is 0 Å². The zero-order valence-corrected chi connectivity index (χ0v) is 14.3. The summed E-state index contributed by atoms with van der Waals surface area (Å²) in [6.45, 7) is 3.50. The van der Waals surface area contributed by atoms with Crippen molar-refractivity contribution in [2.75, 3.05) is 13.2 Å². The van der Waals surface area contributed by atoms with Gasteiger partial charge in [-0.15, -0.1) is 0 Å². The molecule has 128 valence electrons. The molecule has 2 aromatic rings. The molecule has 5 heteroatoms. The van der Waals surface area contributed by atoms with Crippen molar-refractivity contribution in [3.63, 3.8) is 0 Å². The standard InChI is InChI=1S/C19H25N3O2/c1-13-21-19(24-22-13)8-9-20-17-7-4-10-23-18-12-15-6-3-2-5-14(15)11-16(17)18/h11-12,17,20H,2-10H2,1H3. The van der Waals surface area contributed by atoms with Gasteiger partial charge in [-0.3, -0.25) is 0 Å². The van der Waals surface area contributed by atoms with Crippen molar-refractivity contribution in [3.05, 3.63) is 40.5 Å². The second-order valence-corrected chi connectivity index (χ2v) is 6.85. The second kappa shape index (κ2) is 6.93. The third-order valence-corrected chi connectivity index (χ3v) is 5.04. The van der Waals surface area contributed by atoms with E-state index in [-0.39, 0.29) is 0 Å². The zero-order chi connectivity index (χ0) is 16.4. The summed E-state index contributed by atoms with van der Waals surface area (Å²) in [5, 5.41) is 7.52. The SMILES string of the molecule is Cc1noc(CCNC2CCCOc3cc4c(cc32)CCCC4)n1. The maximum atomic E-state index is 6.03. The summed E-state index contributed by atoms with van der Waals surface area (Å²) >= 11 is 0. The molecule has 2 heterocycles. The van der Waals surface area contributed by atoms with Crippen LogP contribution in [-0.4, -0.2) is 23.3 Å². The van der Waals surface area contributed by atoms with Gasteiger partial charge in [0.2, 0.25) is 5.89 Å². The van der Waals surface area contributed by atoms with E-state index in [9.17, 15) is 0 Å². The lowest BCUT2D eigenvalue weighted by molar-refractivity contribution is 0.314. The lowest BCUT2D eigenvalue weighted by atomic mass is 9.88. The molecule has 0 spiro atoms. The van der Waals surface area contributed by atoms with Crippen molar-refractivity contribution in [1.29, 1.82) is 0 Å². The molecule has 24 heavy (non-hydrogen) atoms. The number of benzene rings is 1. The summed E-state index contributed by atoms with van der Waals surface area (Å²) in [5.74, 6) is 2.49. The van der Waals surface area contributed by atoms with Gasteiger partial charge in [0.1, 0.15) is 5.75 Å². The van der Waals surface area contributed by atoms with E-state index in [1.807, 2.05) is 6.92 Å². The molecule has 1 unspecified atom stereocenters. The van der Waals surface area contributed by atoms with Crippen LogP contribution in [0.3, 0.4) is 0 Å². The van der Waals surface area contributed by atoms with Crippen LogP contribution in [-0.2, 0) is 19.3 Å². The molecule has 0 fully saturated rings. The second-order valence-electron chi connectivity index (χ2n) is 6.85. The van der Waals surface area contributed by atoms with Gasteiger partial charge in [-0.25, -0.2) is 0 Å². The zero-order valence-electron chi connectivity index (χ0n) is 14.3. The summed E-state index contributed by atoms with van der Waals surface area (Å²) in [6.07, 6.45) is 7.96. The fourth-order valence-electron chi connectivity index (χ4n) is 3.81. The highest BCUT2D eigenvalue weighted by atomic mass is 16.5. The van der Waals surface area contributed by atoms with E-state index in [1.165, 1.54) is 42.4 Å². The molecule has 0 amide bonds. The third-order valence-electron chi connectivity index (χ3n) is 5.04. The van der Waals surface area contributed by atoms with Crippen molar-refractivity contribution in [2.24, 2.45) is 0 Å². The normalized spacial score (nSPS) is 20.0. The van der Waals surface area contributed by atoms with Crippen LogP contribution in [0.1, 0.15) is 60.1 Å². The van der Waals surface area contributed by atoms with Gasteiger partial charge in [-0.1, -0.05) is 11.2 Å². The number of rotatable bonds is 4. The van der Waals surface area contributed by atoms with Gasteiger partial charge in [-0.2, -0.15) is 4.98 Å². The Labute approximate surface area is 142 Å². The molecule has 0 bridgehead atoms. The Hall–Kier alpha value is -1.88. The number of hydrogen-bond donors (Lipinski definition) is 1. The van der Waals surface area contributed by atoms with E-state index in [2.05, 4.69) is 27.6 Å². The highest BCUT2D eigenvalue weighted by molar-refractivity contribution is 5.46. The first-order valence-corrected chi connectivity index (χ1v) is 9.10. The minimum atomic E-state index is 0.346. The Morgan fingerprint density at radius 2 is 2.00 bits per heavy atom. The number of ether oxygens (including phenoxy) is 1. The smallest absolute Gasteiger partial charge is 0.227 e. The molecule has 4 rings (SSSR count). The fraction of sp³-hybridized carbons (Fsp3) is 0.579.